The molecule has 5 aliphatic carbocycles. The van der Waals surface area contributed by atoms with Crippen LogP contribution in [0.15, 0.2) is 11.6 Å². The van der Waals surface area contributed by atoms with Crippen LogP contribution in [0.4, 0.5) is 0 Å². The first-order valence-electron chi connectivity index (χ1n) is 14.1. The van der Waals surface area contributed by atoms with Gasteiger partial charge in [-0.3, -0.25) is 4.79 Å². The Morgan fingerprint density at radius 1 is 0.914 bits per heavy atom. The van der Waals surface area contributed by atoms with Crippen molar-refractivity contribution in [2.75, 3.05) is 0 Å². The molecule has 0 aromatic heterocycles. The van der Waals surface area contributed by atoms with Gasteiger partial charge in [0.15, 0.2) is 0 Å². The SMILES string of the molecule is C[C@H]1[C@H](C)[C@@H](O)C[C@]2(C(=O)O)CC[C@]3(C)C(=CC[C@@H]4[C@@]5(C)[C@H](O)C[C@H](O)C(C)(C)[C@@H]5CC[C@]43C)[C@H]12. The Morgan fingerprint density at radius 3 is 2.20 bits per heavy atom. The van der Waals surface area contributed by atoms with Crippen molar-refractivity contribution in [3.8, 4) is 0 Å². The number of allylic oxidation sites excluding steroid dienone is 2. The lowest BCUT2D eigenvalue weighted by Gasteiger charge is -2.72. The van der Waals surface area contributed by atoms with Crippen LogP contribution in [0.3, 0.4) is 0 Å². The molecule has 0 radical (unpaired) electrons. The summed E-state index contributed by atoms with van der Waals surface area (Å²) < 4.78 is 0. The molecular weight excluding hydrogens is 440 g/mol. The number of carbonyl (C=O) groups is 1. The lowest BCUT2D eigenvalue weighted by Crippen LogP contribution is -2.68. The minimum Gasteiger partial charge on any atom is -0.481 e. The van der Waals surface area contributed by atoms with Gasteiger partial charge in [0.05, 0.1) is 23.7 Å². The zero-order chi connectivity index (χ0) is 25.9. The summed E-state index contributed by atoms with van der Waals surface area (Å²) in [5.74, 6) is -0.113. The monoisotopic (exact) mass is 488 g/mol. The second-order valence-electron chi connectivity index (χ2n) is 14.7. The third-order valence-electron chi connectivity index (χ3n) is 13.6. The van der Waals surface area contributed by atoms with Gasteiger partial charge >= 0.3 is 5.97 Å². The lowest BCUT2D eigenvalue weighted by molar-refractivity contribution is -0.245. The normalized spacial score (nSPS) is 57.1. The summed E-state index contributed by atoms with van der Waals surface area (Å²) in [5.41, 5.74) is -0.284. The van der Waals surface area contributed by atoms with Gasteiger partial charge in [-0.1, -0.05) is 60.1 Å². The zero-order valence-corrected chi connectivity index (χ0v) is 22.8. The van der Waals surface area contributed by atoms with Gasteiger partial charge in [-0.15, -0.1) is 0 Å². The summed E-state index contributed by atoms with van der Waals surface area (Å²) in [6.45, 7) is 15.7. The zero-order valence-electron chi connectivity index (χ0n) is 22.8. The minimum atomic E-state index is -0.891. The molecule has 0 heterocycles. The van der Waals surface area contributed by atoms with Crippen LogP contribution in [0.2, 0.25) is 0 Å². The van der Waals surface area contributed by atoms with E-state index in [-0.39, 0.29) is 51.2 Å². The molecule has 4 fully saturated rings. The molecule has 5 rings (SSSR count). The highest BCUT2D eigenvalue weighted by atomic mass is 16.4. The van der Waals surface area contributed by atoms with E-state index in [4.69, 9.17) is 0 Å². The van der Waals surface area contributed by atoms with Crippen LogP contribution >= 0.6 is 0 Å². The van der Waals surface area contributed by atoms with Crippen molar-refractivity contribution in [2.45, 2.75) is 112 Å². The second kappa shape index (κ2) is 7.57. The minimum absolute atomic E-state index is 0.0502. The average Bonchev–Trinajstić information content (AvgIpc) is 2.77. The summed E-state index contributed by atoms with van der Waals surface area (Å²) >= 11 is 0. The smallest absolute Gasteiger partial charge is 0.310 e. The molecule has 0 unspecified atom stereocenters. The molecule has 4 saturated carbocycles. The second-order valence-corrected chi connectivity index (χ2v) is 14.7. The lowest BCUT2D eigenvalue weighted by atomic mass is 9.33. The summed E-state index contributed by atoms with van der Waals surface area (Å²) in [7, 11) is 0. The van der Waals surface area contributed by atoms with Crippen molar-refractivity contribution in [3.05, 3.63) is 11.6 Å². The van der Waals surface area contributed by atoms with E-state index in [1.165, 1.54) is 5.57 Å². The molecule has 198 valence electrons. The Labute approximate surface area is 211 Å². The molecule has 0 aliphatic heterocycles. The number of aliphatic carboxylic acids is 1. The highest BCUT2D eigenvalue weighted by Crippen LogP contribution is 2.75. The molecule has 5 heteroatoms. The van der Waals surface area contributed by atoms with E-state index < -0.39 is 29.7 Å². The number of aliphatic hydroxyl groups is 3. The number of carboxylic acid groups (broad SMARTS) is 1. The fraction of sp³-hybridized carbons (Fsp3) is 0.900. The maximum absolute atomic E-state index is 12.8. The van der Waals surface area contributed by atoms with Gasteiger partial charge in [0.2, 0.25) is 0 Å². The summed E-state index contributed by atoms with van der Waals surface area (Å²) in [6, 6.07) is 0. The Hall–Kier alpha value is -0.910. The number of hydrogen-bond donors (Lipinski definition) is 4. The maximum Gasteiger partial charge on any atom is 0.310 e. The average molecular weight is 489 g/mol. The number of hydrogen-bond acceptors (Lipinski definition) is 4. The van der Waals surface area contributed by atoms with Gasteiger partial charge < -0.3 is 20.4 Å². The standard InChI is InChI=1S/C30H48O5/c1-16-17(2)24-18-8-9-21-28(6,27(18,5)12-13-30(24,25(34)35)15-19(16)31)11-10-20-26(3,4)22(32)14-23(33)29(20,21)7/h8,16-17,19-24,31-33H,9-15H2,1-7H3,(H,34,35)/t16-,17-,19-,20-,21-,22-,23+,24-,27+,28+,29-,30+/m0/s1. The third-order valence-corrected chi connectivity index (χ3v) is 13.6. The first-order chi connectivity index (χ1) is 16.1. The molecule has 0 saturated heterocycles. The molecule has 4 N–H and O–H groups in total. The quantitative estimate of drug-likeness (QED) is 0.388. The predicted octanol–water partition coefficient (Wildman–Crippen LogP) is 5.03. The van der Waals surface area contributed by atoms with Crippen LogP contribution < -0.4 is 0 Å². The van der Waals surface area contributed by atoms with Crippen molar-refractivity contribution in [1.29, 1.82) is 0 Å². The highest BCUT2D eigenvalue weighted by molar-refractivity contribution is 5.77. The van der Waals surface area contributed by atoms with Gasteiger partial charge in [-0.25, -0.2) is 0 Å². The van der Waals surface area contributed by atoms with Crippen molar-refractivity contribution in [1.82, 2.24) is 0 Å². The van der Waals surface area contributed by atoms with Crippen molar-refractivity contribution in [3.63, 3.8) is 0 Å². The summed E-state index contributed by atoms with van der Waals surface area (Å²) in [6.07, 6.45) is 5.83. The summed E-state index contributed by atoms with van der Waals surface area (Å²) in [4.78, 5) is 12.8. The molecule has 5 aliphatic rings. The van der Waals surface area contributed by atoms with E-state index in [0.717, 1.165) is 25.7 Å². The van der Waals surface area contributed by atoms with Crippen LogP contribution in [0.1, 0.15) is 93.4 Å². The molecule has 0 bridgehead atoms. The maximum atomic E-state index is 12.8. The number of rotatable bonds is 1. The first kappa shape index (κ1) is 25.7. The van der Waals surface area contributed by atoms with Crippen molar-refractivity contribution in [2.24, 2.45) is 56.7 Å². The largest absolute Gasteiger partial charge is 0.481 e. The number of aliphatic hydroxyl groups excluding tert-OH is 3. The van der Waals surface area contributed by atoms with Crippen LogP contribution in [0.5, 0.6) is 0 Å². The first-order valence-corrected chi connectivity index (χ1v) is 14.1. The molecule has 0 aromatic rings. The van der Waals surface area contributed by atoms with Crippen LogP contribution in [-0.2, 0) is 4.79 Å². The molecule has 0 amide bonds. The van der Waals surface area contributed by atoms with E-state index in [2.05, 4.69) is 54.5 Å². The van der Waals surface area contributed by atoms with Crippen molar-refractivity contribution >= 4 is 5.97 Å². The van der Waals surface area contributed by atoms with E-state index in [9.17, 15) is 25.2 Å². The van der Waals surface area contributed by atoms with E-state index in [1.54, 1.807) is 0 Å². The van der Waals surface area contributed by atoms with Crippen molar-refractivity contribution < 1.29 is 25.2 Å². The van der Waals surface area contributed by atoms with E-state index >= 15 is 0 Å². The molecular formula is C30H48O5. The van der Waals surface area contributed by atoms with Gasteiger partial charge in [0.1, 0.15) is 0 Å². The fourth-order valence-electron chi connectivity index (χ4n) is 10.9. The number of carboxylic acids is 1. The van der Waals surface area contributed by atoms with Crippen LogP contribution in [0.25, 0.3) is 0 Å². The van der Waals surface area contributed by atoms with Gasteiger partial charge in [0.25, 0.3) is 0 Å². The Morgan fingerprint density at radius 2 is 1.57 bits per heavy atom. The molecule has 35 heavy (non-hydrogen) atoms. The van der Waals surface area contributed by atoms with Gasteiger partial charge in [-0.2, -0.15) is 0 Å². The fourth-order valence-corrected chi connectivity index (χ4v) is 10.9. The Kier molecular flexibility index (Phi) is 5.56. The topological polar surface area (TPSA) is 98.0 Å². The van der Waals surface area contributed by atoms with Gasteiger partial charge in [-0.05, 0) is 84.4 Å². The number of fused-ring (bicyclic) bond motifs is 7. The third kappa shape index (κ3) is 2.90. The van der Waals surface area contributed by atoms with Gasteiger partial charge in [0, 0.05) is 11.8 Å². The predicted molar refractivity (Wildman–Crippen MR) is 135 cm³/mol. The summed E-state index contributed by atoms with van der Waals surface area (Å²) in [5, 5.41) is 43.8. The van der Waals surface area contributed by atoms with Crippen LogP contribution in [0, 0.1) is 56.7 Å². The molecule has 5 nitrogen and oxygen atoms in total. The molecule has 0 spiro atoms. The van der Waals surface area contributed by atoms with Crippen LogP contribution in [-0.4, -0.2) is 44.7 Å². The highest BCUT2D eigenvalue weighted by Gasteiger charge is 2.71. The Bertz CT molecular complexity index is 941. The molecule has 12 atom stereocenters. The van der Waals surface area contributed by atoms with E-state index in [0.29, 0.717) is 19.3 Å². The molecule has 0 aromatic carbocycles. The van der Waals surface area contributed by atoms with E-state index in [1.807, 2.05) is 0 Å². The Balaban J connectivity index is 1.64.